The van der Waals surface area contributed by atoms with Crippen molar-refractivity contribution in [3.63, 3.8) is 0 Å². The summed E-state index contributed by atoms with van der Waals surface area (Å²) in [4.78, 5) is 11.0. The molecule has 0 heterocycles. The summed E-state index contributed by atoms with van der Waals surface area (Å²) in [5.74, 6) is -0.324. The van der Waals surface area contributed by atoms with Crippen molar-refractivity contribution in [1.82, 2.24) is 0 Å². The molecule has 0 saturated heterocycles. The summed E-state index contributed by atoms with van der Waals surface area (Å²) < 4.78 is 5.17. The van der Waals surface area contributed by atoms with Crippen LogP contribution in [0.5, 0.6) is 5.75 Å². The fourth-order valence-corrected chi connectivity index (χ4v) is 1.18. The van der Waals surface area contributed by atoms with Crippen LogP contribution in [-0.2, 0) is 0 Å². The Morgan fingerprint density at radius 3 is 2.71 bits per heavy atom. The number of carbonyl (C=O) groups is 1. The van der Waals surface area contributed by atoms with Crippen molar-refractivity contribution < 1.29 is 9.53 Å². The molecule has 1 unspecified atom stereocenters. The fourth-order valence-electron chi connectivity index (χ4n) is 1.08. The van der Waals surface area contributed by atoms with Crippen LogP contribution >= 0.6 is 11.6 Å². The summed E-state index contributed by atoms with van der Waals surface area (Å²) in [5.41, 5.74) is 10.6. The first-order valence-electron chi connectivity index (χ1n) is 4.01. The van der Waals surface area contributed by atoms with Crippen molar-refractivity contribution >= 4 is 23.2 Å². The van der Waals surface area contributed by atoms with Gasteiger partial charge in [0.1, 0.15) is 11.3 Å². The summed E-state index contributed by atoms with van der Waals surface area (Å²) in [6.45, 7) is 1.63. The molecule has 4 N–H and O–H groups in total. The molecule has 14 heavy (non-hydrogen) atoms. The van der Waals surface area contributed by atoms with E-state index in [-0.39, 0.29) is 11.3 Å². The summed E-state index contributed by atoms with van der Waals surface area (Å²) in [6.07, 6.45) is 0. The lowest BCUT2D eigenvalue weighted by atomic mass is 10.1. The number of amides is 1. The molecule has 0 spiro atoms. The molecule has 0 aliphatic carbocycles. The maximum atomic E-state index is 11.0. The molecule has 4 nitrogen and oxygen atoms in total. The van der Waals surface area contributed by atoms with Crippen molar-refractivity contribution in [3.05, 3.63) is 23.8 Å². The molecule has 1 amide bonds. The van der Waals surface area contributed by atoms with Crippen LogP contribution in [0.2, 0.25) is 0 Å². The van der Waals surface area contributed by atoms with Gasteiger partial charge in [-0.3, -0.25) is 4.79 Å². The molecule has 0 aliphatic heterocycles. The quantitative estimate of drug-likeness (QED) is 0.589. The zero-order valence-electron chi connectivity index (χ0n) is 7.66. The van der Waals surface area contributed by atoms with E-state index in [1.165, 1.54) is 0 Å². The van der Waals surface area contributed by atoms with E-state index in [4.69, 9.17) is 27.8 Å². The summed E-state index contributed by atoms with van der Waals surface area (Å²) in [6, 6.07) is 4.83. The lowest BCUT2D eigenvalue weighted by Crippen LogP contribution is -2.16. The molecule has 76 valence electrons. The highest BCUT2D eigenvalue weighted by molar-refractivity contribution is 6.19. The summed E-state index contributed by atoms with van der Waals surface area (Å²) >= 11 is 5.63. The number of primary amides is 1. The monoisotopic (exact) mass is 214 g/mol. The Morgan fingerprint density at radius 2 is 2.21 bits per heavy atom. The predicted molar refractivity (Wildman–Crippen MR) is 55.3 cm³/mol. The maximum Gasteiger partial charge on any atom is 0.254 e. The Bertz CT molecular complexity index is 353. The van der Waals surface area contributed by atoms with E-state index in [2.05, 4.69) is 0 Å². The normalized spacial score (nSPS) is 12.1. The second kappa shape index (κ2) is 4.19. The van der Waals surface area contributed by atoms with Crippen molar-refractivity contribution in [2.75, 3.05) is 5.73 Å². The lowest BCUT2D eigenvalue weighted by molar-refractivity contribution is 0.0997. The van der Waals surface area contributed by atoms with Gasteiger partial charge in [-0.15, -0.1) is 0 Å². The van der Waals surface area contributed by atoms with Gasteiger partial charge in [0.2, 0.25) is 0 Å². The van der Waals surface area contributed by atoms with Gasteiger partial charge < -0.3 is 16.2 Å². The third-order valence-electron chi connectivity index (χ3n) is 1.59. The van der Waals surface area contributed by atoms with Crippen LogP contribution in [0.3, 0.4) is 0 Å². The molecule has 1 aromatic carbocycles. The van der Waals surface area contributed by atoms with E-state index in [0.717, 1.165) is 0 Å². The number of hydrogen-bond donors (Lipinski definition) is 2. The summed E-state index contributed by atoms with van der Waals surface area (Å²) in [5, 5.41) is 0. The first-order valence-corrected chi connectivity index (χ1v) is 4.45. The van der Waals surface area contributed by atoms with Crippen LogP contribution in [0, 0.1) is 0 Å². The Kier molecular flexibility index (Phi) is 3.19. The zero-order valence-corrected chi connectivity index (χ0v) is 8.41. The number of anilines is 1. The lowest BCUT2D eigenvalue weighted by Gasteiger charge is -2.12. The second-order valence-electron chi connectivity index (χ2n) is 2.75. The Balaban J connectivity index is 3.14. The number of alkyl halides is 1. The molecule has 0 saturated carbocycles. The number of hydrogen-bond acceptors (Lipinski definition) is 3. The van der Waals surface area contributed by atoms with Gasteiger partial charge in [0.15, 0.2) is 5.56 Å². The first-order chi connectivity index (χ1) is 6.52. The highest BCUT2D eigenvalue weighted by atomic mass is 35.5. The largest absolute Gasteiger partial charge is 0.474 e. The highest BCUT2D eigenvalue weighted by Gasteiger charge is 2.14. The first kappa shape index (κ1) is 10.7. The maximum absolute atomic E-state index is 11.0. The van der Waals surface area contributed by atoms with Crippen LogP contribution in [0.25, 0.3) is 0 Å². The predicted octanol–water partition coefficient (Wildman–Crippen LogP) is 1.33. The number of nitrogens with two attached hydrogens (primary N) is 2. The van der Waals surface area contributed by atoms with Crippen molar-refractivity contribution in [3.8, 4) is 5.75 Å². The molecule has 1 atom stereocenters. The van der Waals surface area contributed by atoms with E-state index in [9.17, 15) is 4.79 Å². The number of carbonyl (C=O) groups excluding carboxylic acids is 1. The highest BCUT2D eigenvalue weighted by Crippen LogP contribution is 2.25. The molecule has 5 heteroatoms. The molecule has 0 fully saturated rings. The van der Waals surface area contributed by atoms with Crippen LogP contribution in [-0.4, -0.2) is 11.5 Å². The molecule has 1 rings (SSSR count). The molecule has 0 aliphatic rings. The zero-order chi connectivity index (χ0) is 10.7. The molecule has 0 bridgehead atoms. The molecule has 1 aromatic rings. The van der Waals surface area contributed by atoms with E-state index < -0.39 is 11.5 Å². The molecule has 0 aromatic heterocycles. The van der Waals surface area contributed by atoms with E-state index >= 15 is 0 Å². The number of benzene rings is 1. The van der Waals surface area contributed by atoms with Crippen LogP contribution in [0.4, 0.5) is 5.69 Å². The van der Waals surface area contributed by atoms with E-state index in [1.807, 2.05) is 0 Å². The van der Waals surface area contributed by atoms with Gasteiger partial charge in [-0.05, 0) is 19.1 Å². The van der Waals surface area contributed by atoms with Crippen molar-refractivity contribution in [2.45, 2.75) is 12.5 Å². The van der Waals surface area contributed by atoms with Gasteiger partial charge in [-0.2, -0.15) is 0 Å². The number of nitrogen functional groups attached to an aromatic ring is 1. The summed E-state index contributed by atoms with van der Waals surface area (Å²) in [7, 11) is 0. The SMILES string of the molecule is CC(Cl)Oc1cccc(N)c1C(N)=O. The van der Waals surface area contributed by atoms with Gasteiger partial charge in [-0.1, -0.05) is 17.7 Å². The molecular weight excluding hydrogens is 204 g/mol. The third-order valence-corrected chi connectivity index (χ3v) is 1.68. The van der Waals surface area contributed by atoms with Crippen LogP contribution in [0.15, 0.2) is 18.2 Å². The topological polar surface area (TPSA) is 78.3 Å². The smallest absolute Gasteiger partial charge is 0.254 e. The van der Waals surface area contributed by atoms with E-state index in [1.54, 1.807) is 25.1 Å². The number of ether oxygens (including phenoxy) is 1. The Morgan fingerprint density at radius 1 is 1.57 bits per heavy atom. The standard InChI is InChI=1S/C9H11ClN2O2/c1-5(10)14-7-4-2-3-6(11)8(7)9(12)13/h2-5H,11H2,1H3,(H2,12,13). The van der Waals surface area contributed by atoms with Gasteiger partial charge in [-0.25, -0.2) is 0 Å². The molecular formula is C9H11ClN2O2. The van der Waals surface area contributed by atoms with Gasteiger partial charge in [0, 0.05) is 5.69 Å². The minimum Gasteiger partial charge on any atom is -0.474 e. The average Bonchev–Trinajstić information content (AvgIpc) is 2.01. The van der Waals surface area contributed by atoms with Crippen molar-refractivity contribution in [2.24, 2.45) is 5.73 Å². The third kappa shape index (κ3) is 2.29. The average molecular weight is 215 g/mol. The van der Waals surface area contributed by atoms with E-state index in [0.29, 0.717) is 5.75 Å². The van der Waals surface area contributed by atoms with Gasteiger partial charge in [0.25, 0.3) is 5.91 Å². The minimum atomic E-state index is -0.629. The second-order valence-corrected chi connectivity index (χ2v) is 3.36. The van der Waals surface area contributed by atoms with Crippen molar-refractivity contribution in [1.29, 1.82) is 0 Å². The molecule has 0 radical (unpaired) electrons. The van der Waals surface area contributed by atoms with Crippen LogP contribution < -0.4 is 16.2 Å². The Hall–Kier alpha value is -1.42. The fraction of sp³-hybridized carbons (Fsp3) is 0.222. The number of rotatable bonds is 3. The van der Waals surface area contributed by atoms with Gasteiger partial charge in [0.05, 0.1) is 0 Å². The number of halogens is 1. The van der Waals surface area contributed by atoms with Crippen LogP contribution in [0.1, 0.15) is 17.3 Å². The Labute approximate surface area is 86.8 Å². The minimum absolute atomic E-state index is 0.167. The van der Waals surface area contributed by atoms with Gasteiger partial charge >= 0.3 is 0 Å².